The number of carbonyl (C=O) groups excluding carboxylic acids is 1. The van der Waals surface area contributed by atoms with E-state index < -0.39 is 5.76 Å². The molecule has 0 radical (unpaired) electrons. The molecular weight excluding hydrogens is 330 g/mol. The first-order chi connectivity index (χ1) is 12.5. The number of rotatable bonds is 7. The number of oxazole rings is 1. The zero-order valence-corrected chi connectivity index (χ0v) is 15.0. The molecule has 1 unspecified atom stereocenters. The van der Waals surface area contributed by atoms with Gasteiger partial charge in [0.15, 0.2) is 5.58 Å². The topological polar surface area (TPSA) is 67.5 Å². The second-order valence-corrected chi connectivity index (χ2v) is 6.53. The Balaban J connectivity index is 1.63. The molecule has 0 saturated heterocycles. The van der Waals surface area contributed by atoms with E-state index in [1.54, 1.807) is 18.2 Å². The molecule has 0 saturated carbocycles. The molecule has 1 atom stereocenters. The van der Waals surface area contributed by atoms with E-state index in [1.807, 2.05) is 38.4 Å². The van der Waals surface area contributed by atoms with Crippen LogP contribution in [0.4, 0.5) is 0 Å². The van der Waals surface area contributed by atoms with Crippen molar-refractivity contribution in [3.05, 3.63) is 70.7 Å². The lowest BCUT2D eigenvalue weighted by molar-refractivity contribution is -0.121. The van der Waals surface area contributed by atoms with Gasteiger partial charge in [-0.3, -0.25) is 9.36 Å². The lowest BCUT2D eigenvalue weighted by Crippen LogP contribution is -2.43. The number of aromatic nitrogens is 1. The smallest absolute Gasteiger partial charge is 0.408 e. The number of nitrogens with one attached hydrogen (secondary N) is 1. The summed E-state index contributed by atoms with van der Waals surface area (Å²) in [4.78, 5) is 26.4. The van der Waals surface area contributed by atoms with Crippen molar-refractivity contribution in [3.8, 4) is 0 Å². The molecule has 1 heterocycles. The highest BCUT2D eigenvalue weighted by Crippen LogP contribution is 2.11. The van der Waals surface area contributed by atoms with Crippen LogP contribution in [0, 0.1) is 0 Å². The molecular formula is C20H23N3O3. The third-order valence-corrected chi connectivity index (χ3v) is 4.45. The molecule has 6 nitrogen and oxygen atoms in total. The first kappa shape index (κ1) is 17.9. The number of hydrogen-bond donors (Lipinski definition) is 1. The fourth-order valence-electron chi connectivity index (χ4n) is 2.92. The maximum absolute atomic E-state index is 12.4. The molecule has 6 heteroatoms. The summed E-state index contributed by atoms with van der Waals surface area (Å²) in [5, 5.41) is 2.93. The zero-order valence-electron chi connectivity index (χ0n) is 15.0. The Morgan fingerprint density at radius 1 is 1.12 bits per heavy atom. The molecule has 3 rings (SSSR count). The van der Waals surface area contributed by atoms with Crippen LogP contribution in [0.5, 0.6) is 0 Å². The SMILES string of the molecule is CN(C)C(CNC(=O)Cn1c(=O)oc2ccccc21)Cc1ccccc1. The minimum atomic E-state index is -0.519. The van der Waals surface area contributed by atoms with Crippen LogP contribution >= 0.6 is 0 Å². The van der Waals surface area contributed by atoms with Gasteiger partial charge in [0.1, 0.15) is 6.54 Å². The monoisotopic (exact) mass is 353 g/mol. The largest absolute Gasteiger partial charge is 0.420 e. The molecule has 0 aliphatic rings. The quantitative estimate of drug-likeness (QED) is 0.704. The van der Waals surface area contributed by atoms with E-state index in [9.17, 15) is 9.59 Å². The van der Waals surface area contributed by atoms with Gasteiger partial charge in [-0.15, -0.1) is 0 Å². The number of carbonyl (C=O) groups is 1. The third kappa shape index (κ3) is 4.21. The predicted molar refractivity (Wildman–Crippen MR) is 101 cm³/mol. The molecule has 1 aromatic heterocycles. The Labute approximate surface area is 152 Å². The molecule has 1 N–H and O–H groups in total. The molecule has 136 valence electrons. The summed E-state index contributed by atoms with van der Waals surface area (Å²) in [6.45, 7) is 0.451. The molecule has 1 amide bonds. The highest BCUT2D eigenvalue weighted by atomic mass is 16.4. The van der Waals surface area contributed by atoms with Crippen molar-refractivity contribution >= 4 is 17.0 Å². The maximum atomic E-state index is 12.4. The summed E-state index contributed by atoms with van der Waals surface area (Å²) in [6, 6.07) is 17.4. The fourth-order valence-corrected chi connectivity index (χ4v) is 2.92. The van der Waals surface area contributed by atoms with E-state index in [2.05, 4.69) is 22.3 Å². The van der Waals surface area contributed by atoms with Gasteiger partial charge in [-0.2, -0.15) is 0 Å². The van der Waals surface area contributed by atoms with Gasteiger partial charge in [0, 0.05) is 12.6 Å². The van der Waals surface area contributed by atoms with Crippen LogP contribution < -0.4 is 11.1 Å². The van der Waals surface area contributed by atoms with Gasteiger partial charge < -0.3 is 14.6 Å². The molecule has 0 aliphatic heterocycles. The first-order valence-electron chi connectivity index (χ1n) is 8.60. The minimum absolute atomic E-state index is 0.0542. The number of benzene rings is 2. The van der Waals surface area contributed by atoms with Crippen molar-refractivity contribution in [1.82, 2.24) is 14.8 Å². The van der Waals surface area contributed by atoms with Crippen LogP contribution in [-0.4, -0.2) is 42.1 Å². The average Bonchev–Trinajstić information content (AvgIpc) is 2.95. The number of fused-ring (bicyclic) bond motifs is 1. The highest BCUT2D eigenvalue weighted by Gasteiger charge is 2.16. The summed E-state index contributed by atoms with van der Waals surface area (Å²) in [5.41, 5.74) is 2.33. The summed E-state index contributed by atoms with van der Waals surface area (Å²) >= 11 is 0. The van der Waals surface area contributed by atoms with Gasteiger partial charge in [-0.05, 0) is 38.2 Å². The van der Waals surface area contributed by atoms with Gasteiger partial charge in [0.05, 0.1) is 5.52 Å². The predicted octanol–water partition coefficient (Wildman–Crippen LogP) is 1.88. The van der Waals surface area contributed by atoms with Crippen molar-refractivity contribution in [2.75, 3.05) is 20.6 Å². The first-order valence-corrected chi connectivity index (χ1v) is 8.60. The van der Waals surface area contributed by atoms with Gasteiger partial charge in [0.25, 0.3) is 0 Å². The van der Waals surface area contributed by atoms with Crippen molar-refractivity contribution in [2.45, 2.75) is 19.0 Å². The van der Waals surface area contributed by atoms with Crippen LogP contribution in [0.1, 0.15) is 5.56 Å². The van der Waals surface area contributed by atoms with Crippen molar-refractivity contribution in [2.24, 2.45) is 0 Å². The average molecular weight is 353 g/mol. The summed E-state index contributed by atoms with van der Waals surface area (Å²) < 4.78 is 6.52. The Kier molecular flexibility index (Phi) is 5.53. The number of likely N-dealkylation sites (N-methyl/N-ethyl adjacent to an activating group) is 1. The van der Waals surface area contributed by atoms with E-state index in [-0.39, 0.29) is 18.5 Å². The highest BCUT2D eigenvalue weighted by molar-refractivity contribution is 5.79. The van der Waals surface area contributed by atoms with Crippen LogP contribution in [0.15, 0.2) is 63.8 Å². The Morgan fingerprint density at radius 2 is 1.81 bits per heavy atom. The second kappa shape index (κ2) is 8.01. The molecule has 2 aromatic carbocycles. The van der Waals surface area contributed by atoms with E-state index in [1.165, 1.54) is 10.1 Å². The van der Waals surface area contributed by atoms with E-state index in [0.717, 1.165) is 6.42 Å². The van der Waals surface area contributed by atoms with Gasteiger partial charge in [-0.1, -0.05) is 42.5 Å². The van der Waals surface area contributed by atoms with Crippen molar-refractivity contribution < 1.29 is 9.21 Å². The van der Waals surface area contributed by atoms with E-state index >= 15 is 0 Å². The van der Waals surface area contributed by atoms with Gasteiger partial charge in [-0.25, -0.2) is 4.79 Å². The summed E-state index contributed by atoms with van der Waals surface area (Å²) in [5.74, 6) is -0.728. The summed E-state index contributed by atoms with van der Waals surface area (Å²) in [6.07, 6.45) is 0.836. The second-order valence-electron chi connectivity index (χ2n) is 6.53. The minimum Gasteiger partial charge on any atom is -0.408 e. The van der Waals surface area contributed by atoms with E-state index in [4.69, 9.17) is 4.42 Å². The van der Waals surface area contributed by atoms with Crippen molar-refractivity contribution in [1.29, 1.82) is 0 Å². The number of amides is 1. The number of hydrogen-bond acceptors (Lipinski definition) is 4. The van der Waals surface area contributed by atoms with Gasteiger partial charge in [0.2, 0.25) is 5.91 Å². The molecule has 0 spiro atoms. The molecule has 0 bridgehead atoms. The molecule has 0 fully saturated rings. The Morgan fingerprint density at radius 3 is 2.54 bits per heavy atom. The van der Waals surface area contributed by atoms with Crippen molar-refractivity contribution in [3.63, 3.8) is 0 Å². The summed E-state index contributed by atoms with van der Waals surface area (Å²) in [7, 11) is 3.99. The number of para-hydroxylation sites is 2. The lowest BCUT2D eigenvalue weighted by atomic mass is 10.1. The third-order valence-electron chi connectivity index (χ3n) is 4.45. The Hall–Kier alpha value is -2.86. The molecule has 3 aromatic rings. The zero-order chi connectivity index (χ0) is 18.5. The molecule has 0 aliphatic carbocycles. The Bertz CT molecular complexity index is 928. The van der Waals surface area contributed by atoms with Crippen LogP contribution in [-0.2, 0) is 17.8 Å². The van der Waals surface area contributed by atoms with Gasteiger partial charge >= 0.3 is 5.76 Å². The standard InChI is InChI=1S/C20H23N3O3/c1-22(2)16(12-15-8-4-3-5-9-15)13-21-19(24)14-23-17-10-6-7-11-18(17)26-20(23)25/h3-11,16H,12-14H2,1-2H3,(H,21,24). The molecule has 26 heavy (non-hydrogen) atoms. The lowest BCUT2D eigenvalue weighted by Gasteiger charge is -2.24. The van der Waals surface area contributed by atoms with E-state index in [0.29, 0.717) is 17.6 Å². The van der Waals surface area contributed by atoms with Crippen LogP contribution in [0.2, 0.25) is 0 Å². The van der Waals surface area contributed by atoms with Crippen LogP contribution in [0.3, 0.4) is 0 Å². The number of nitrogens with zero attached hydrogens (tertiary/aromatic N) is 2. The normalized spacial score (nSPS) is 12.4. The van der Waals surface area contributed by atoms with Crippen LogP contribution in [0.25, 0.3) is 11.1 Å². The maximum Gasteiger partial charge on any atom is 0.420 e. The fraction of sp³-hybridized carbons (Fsp3) is 0.300.